The molecule has 1 saturated carbocycles. The highest BCUT2D eigenvalue weighted by Gasteiger charge is 2.28. The van der Waals surface area contributed by atoms with Crippen molar-refractivity contribution in [1.82, 2.24) is 20.4 Å². The van der Waals surface area contributed by atoms with Crippen molar-refractivity contribution in [3.63, 3.8) is 0 Å². The van der Waals surface area contributed by atoms with E-state index in [-0.39, 0.29) is 42.5 Å². The number of hydrogen-bond acceptors (Lipinski definition) is 4. The van der Waals surface area contributed by atoms with Gasteiger partial charge in [-0.1, -0.05) is 6.92 Å². The molecule has 0 bridgehead atoms. The van der Waals surface area contributed by atoms with Crippen LogP contribution in [-0.4, -0.2) is 86.7 Å². The number of hydrogen-bond donors (Lipinski definition) is 2. The number of likely N-dealkylation sites (tertiary alicyclic amines) is 1. The van der Waals surface area contributed by atoms with E-state index in [0.717, 1.165) is 43.9 Å². The van der Waals surface area contributed by atoms with Crippen LogP contribution in [0.1, 0.15) is 58.3 Å². The standard InChI is InChI=1S/C22H41N5O2.HI/c1-17-10-12-27(13-11-17)19-8-6-18(7-9-19)25-22(24-16-21(28)26(2)3)23-15-20-5-4-14-29-20;/h17-20H,4-16H2,1-3H3,(H2,23,24,25);1H. The zero-order chi connectivity index (χ0) is 20.6. The minimum Gasteiger partial charge on any atom is -0.376 e. The maximum Gasteiger partial charge on any atom is 0.243 e. The zero-order valence-corrected chi connectivity index (χ0v) is 21.4. The molecule has 3 fully saturated rings. The average Bonchev–Trinajstić information content (AvgIpc) is 3.24. The van der Waals surface area contributed by atoms with Crippen molar-refractivity contribution in [2.75, 3.05) is 46.9 Å². The van der Waals surface area contributed by atoms with Crippen LogP contribution in [0, 0.1) is 5.92 Å². The first-order valence-corrected chi connectivity index (χ1v) is 11.6. The number of carbonyl (C=O) groups excluding carboxylic acids is 1. The van der Waals surface area contributed by atoms with Gasteiger partial charge >= 0.3 is 0 Å². The SMILES string of the molecule is CC1CCN(C2CCC(NC(=NCC(=O)N(C)C)NCC3CCCO3)CC2)CC1.I. The maximum absolute atomic E-state index is 12.0. The molecular weight excluding hydrogens is 493 g/mol. The smallest absolute Gasteiger partial charge is 0.243 e. The monoisotopic (exact) mass is 535 g/mol. The van der Waals surface area contributed by atoms with Crippen molar-refractivity contribution in [2.24, 2.45) is 10.9 Å². The lowest BCUT2D eigenvalue weighted by Crippen LogP contribution is -2.50. The summed E-state index contributed by atoms with van der Waals surface area (Å²) in [5.41, 5.74) is 0. The van der Waals surface area contributed by atoms with Crippen LogP contribution in [0.5, 0.6) is 0 Å². The topological polar surface area (TPSA) is 69.2 Å². The van der Waals surface area contributed by atoms with Gasteiger partial charge < -0.3 is 25.2 Å². The first kappa shape index (κ1) is 25.6. The quantitative estimate of drug-likeness (QED) is 0.311. The van der Waals surface area contributed by atoms with Crippen LogP contribution >= 0.6 is 24.0 Å². The van der Waals surface area contributed by atoms with Crippen LogP contribution in [0.3, 0.4) is 0 Å². The molecule has 3 aliphatic rings. The fraction of sp³-hybridized carbons (Fsp3) is 0.909. The summed E-state index contributed by atoms with van der Waals surface area (Å²) in [5.74, 6) is 1.67. The van der Waals surface area contributed by atoms with Gasteiger partial charge in [0, 0.05) is 39.3 Å². The first-order valence-electron chi connectivity index (χ1n) is 11.6. The normalized spacial score (nSPS) is 28.6. The van der Waals surface area contributed by atoms with E-state index < -0.39 is 0 Å². The van der Waals surface area contributed by atoms with Crippen LogP contribution in [0.25, 0.3) is 0 Å². The van der Waals surface area contributed by atoms with E-state index in [9.17, 15) is 4.79 Å². The maximum atomic E-state index is 12.0. The van der Waals surface area contributed by atoms with Gasteiger partial charge in [-0.15, -0.1) is 24.0 Å². The van der Waals surface area contributed by atoms with Crippen LogP contribution in [0.2, 0.25) is 0 Å². The summed E-state index contributed by atoms with van der Waals surface area (Å²) in [6.07, 6.45) is 10.0. The molecule has 8 heteroatoms. The molecule has 2 saturated heterocycles. The molecule has 30 heavy (non-hydrogen) atoms. The lowest BCUT2D eigenvalue weighted by Gasteiger charge is -2.40. The van der Waals surface area contributed by atoms with Gasteiger partial charge in [0.15, 0.2) is 5.96 Å². The third-order valence-corrected chi connectivity index (χ3v) is 6.76. The molecule has 0 radical (unpaired) electrons. The number of rotatable bonds is 6. The van der Waals surface area contributed by atoms with Crippen molar-refractivity contribution in [3.8, 4) is 0 Å². The highest BCUT2D eigenvalue weighted by Crippen LogP contribution is 2.27. The molecule has 2 heterocycles. The Bertz CT molecular complexity index is 538. The summed E-state index contributed by atoms with van der Waals surface area (Å²) in [6, 6.07) is 1.18. The number of ether oxygens (including phenoxy) is 1. The molecule has 7 nitrogen and oxygen atoms in total. The second-order valence-electron chi connectivity index (χ2n) is 9.34. The Morgan fingerprint density at radius 1 is 1.10 bits per heavy atom. The number of guanidine groups is 1. The molecule has 1 aliphatic carbocycles. The predicted molar refractivity (Wildman–Crippen MR) is 133 cm³/mol. The number of halogens is 1. The highest BCUT2D eigenvalue weighted by molar-refractivity contribution is 14.0. The molecule has 0 aromatic rings. The molecule has 0 aromatic carbocycles. The molecule has 2 aliphatic heterocycles. The lowest BCUT2D eigenvalue weighted by atomic mass is 9.88. The van der Waals surface area contributed by atoms with Gasteiger partial charge in [-0.2, -0.15) is 0 Å². The third-order valence-electron chi connectivity index (χ3n) is 6.76. The van der Waals surface area contributed by atoms with Crippen molar-refractivity contribution in [1.29, 1.82) is 0 Å². The van der Waals surface area contributed by atoms with Crippen molar-refractivity contribution >= 4 is 35.8 Å². The summed E-state index contributed by atoms with van der Waals surface area (Å²) < 4.78 is 5.72. The van der Waals surface area contributed by atoms with E-state index >= 15 is 0 Å². The molecule has 2 N–H and O–H groups in total. The Morgan fingerprint density at radius 2 is 1.80 bits per heavy atom. The average molecular weight is 536 g/mol. The summed E-state index contributed by atoms with van der Waals surface area (Å²) in [4.78, 5) is 20.8. The van der Waals surface area contributed by atoms with Crippen LogP contribution in [-0.2, 0) is 9.53 Å². The van der Waals surface area contributed by atoms with E-state index in [2.05, 4.69) is 27.4 Å². The van der Waals surface area contributed by atoms with Gasteiger partial charge in [0.1, 0.15) is 6.54 Å². The number of aliphatic imine (C=N–C) groups is 1. The summed E-state index contributed by atoms with van der Waals surface area (Å²) in [5, 5.41) is 7.01. The Morgan fingerprint density at radius 3 is 2.40 bits per heavy atom. The van der Waals surface area contributed by atoms with Crippen LogP contribution in [0.15, 0.2) is 4.99 Å². The third kappa shape index (κ3) is 8.15. The molecule has 174 valence electrons. The Balaban J connectivity index is 0.00000320. The zero-order valence-electron chi connectivity index (χ0n) is 19.1. The van der Waals surface area contributed by atoms with E-state index in [1.807, 2.05) is 0 Å². The van der Waals surface area contributed by atoms with E-state index in [1.54, 1.807) is 19.0 Å². The molecule has 0 spiro atoms. The number of nitrogens with one attached hydrogen (secondary N) is 2. The predicted octanol–water partition coefficient (Wildman–Crippen LogP) is 2.45. The van der Waals surface area contributed by atoms with E-state index in [4.69, 9.17) is 4.74 Å². The summed E-state index contributed by atoms with van der Waals surface area (Å²) in [7, 11) is 3.54. The fourth-order valence-electron chi connectivity index (χ4n) is 4.63. The van der Waals surface area contributed by atoms with Crippen molar-refractivity contribution < 1.29 is 9.53 Å². The molecule has 0 aromatic heterocycles. The largest absolute Gasteiger partial charge is 0.376 e. The lowest BCUT2D eigenvalue weighted by molar-refractivity contribution is -0.127. The molecule has 1 atom stereocenters. The Kier molecular flexibility index (Phi) is 11.2. The Hall–Kier alpha value is -0.610. The van der Waals surface area contributed by atoms with Gasteiger partial charge in [-0.25, -0.2) is 4.99 Å². The highest BCUT2D eigenvalue weighted by atomic mass is 127. The number of amides is 1. The molecule has 3 rings (SSSR count). The van der Waals surface area contributed by atoms with Gasteiger partial charge in [0.05, 0.1) is 6.10 Å². The second kappa shape index (κ2) is 13.1. The molecular formula is C22H42IN5O2. The minimum absolute atomic E-state index is 0. The molecule has 1 unspecified atom stereocenters. The van der Waals surface area contributed by atoms with Gasteiger partial charge in [-0.05, 0) is 70.4 Å². The molecule has 1 amide bonds. The van der Waals surface area contributed by atoms with Gasteiger partial charge in [-0.3, -0.25) is 4.79 Å². The first-order chi connectivity index (χ1) is 14.0. The van der Waals surface area contributed by atoms with Crippen molar-refractivity contribution in [3.05, 3.63) is 0 Å². The Labute approximate surface area is 199 Å². The summed E-state index contributed by atoms with van der Waals surface area (Å²) >= 11 is 0. The van der Waals surface area contributed by atoms with Crippen LogP contribution < -0.4 is 10.6 Å². The van der Waals surface area contributed by atoms with Gasteiger partial charge in [0.2, 0.25) is 5.91 Å². The number of piperidine rings is 1. The summed E-state index contributed by atoms with van der Waals surface area (Å²) in [6.45, 7) is 6.70. The second-order valence-corrected chi connectivity index (χ2v) is 9.34. The van der Waals surface area contributed by atoms with Gasteiger partial charge in [0.25, 0.3) is 0 Å². The van der Waals surface area contributed by atoms with E-state index in [0.29, 0.717) is 6.04 Å². The van der Waals surface area contributed by atoms with Crippen LogP contribution in [0.4, 0.5) is 0 Å². The fourth-order valence-corrected chi connectivity index (χ4v) is 4.63. The number of likely N-dealkylation sites (N-methyl/N-ethyl adjacent to an activating group) is 1. The number of carbonyl (C=O) groups is 1. The minimum atomic E-state index is 0. The van der Waals surface area contributed by atoms with Crippen molar-refractivity contribution in [2.45, 2.75) is 76.5 Å². The van der Waals surface area contributed by atoms with E-state index in [1.165, 1.54) is 51.6 Å². The number of nitrogens with zero attached hydrogens (tertiary/aromatic N) is 3.